The Balaban J connectivity index is 1.17. The van der Waals surface area contributed by atoms with E-state index in [9.17, 15) is 9.00 Å². The highest BCUT2D eigenvalue weighted by Gasteiger charge is 2.32. The van der Waals surface area contributed by atoms with Crippen LogP contribution in [0.2, 0.25) is 10.0 Å². The number of ether oxygens (including phenoxy) is 1. The van der Waals surface area contributed by atoms with Crippen molar-refractivity contribution in [1.82, 2.24) is 9.55 Å². The number of benzene rings is 4. The Hall–Kier alpha value is -3.69. The maximum absolute atomic E-state index is 12.3. The molecule has 1 saturated carbocycles. The molecule has 2 heterocycles. The van der Waals surface area contributed by atoms with Crippen LogP contribution in [0.25, 0.3) is 27.7 Å². The number of halogens is 2. The zero-order chi connectivity index (χ0) is 30.9. The smallest absolute Gasteiger partial charge is 0.345 e. The number of aromatic nitrogens is 2. The molecule has 5 aromatic rings. The lowest BCUT2D eigenvalue weighted by atomic mass is 9.90. The van der Waals surface area contributed by atoms with Crippen molar-refractivity contribution in [2.24, 2.45) is 5.92 Å². The number of carbonyl (C=O) groups is 1. The van der Waals surface area contributed by atoms with Crippen molar-refractivity contribution in [3.05, 3.63) is 106 Å². The number of fused-ring (bicyclic) bond motifs is 1. The summed E-state index contributed by atoms with van der Waals surface area (Å²) in [5.74, 6) is 2.28. The van der Waals surface area contributed by atoms with Gasteiger partial charge < -0.3 is 9.30 Å². The van der Waals surface area contributed by atoms with Gasteiger partial charge in [0.25, 0.3) is 0 Å². The molecule has 1 aliphatic heterocycles. The number of amides is 1. The number of carbonyl (C=O) groups excluding carboxylic acids is 1. The number of nitrogens with zero attached hydrogens (tertiary/aromatic N) is 3. The standard InChI is InChI=1S/C35H32Cl2N4O3S/c36-27-9-15-31(32(37)19-27)33-20-40(28-10-12-29(13-11-28)41-21-35(42)39-45(41)43)34(38-33)17-24-6-7-26-18-30(14-8-25(26)16-24)44-22-23-4-2-1-3-5-23/h6-16,18-20,23H,1-5,17,21-22H2,(H,39,42)/p+1. The van der Waals surface area contributed by atoms with Crippen LogP contribution in [0.15, 0.2) is 85.1 Å². The van der Waals surface area contributed by atoms with Crippen molar-refractivity contribution < 1.29 is 18.5 Å². The third-order valence-electron chi connectivity index (χ3n) is 8.60. The van der Waals surface area contributed by atoms with Gasteiger partial charge in [-0.15, -0.1) is 0 Å². The van der Waals surface area contributed by atoms with Gasteiger partial charge in [0.05, 0.1) is 23.0 Å². The fourth-order valence-corrected chi connectivity index (χ4v) is 7.73. The number of rotatable bonds is 8. The second-order valence-electron chi connectivity index (χ2n) is 11.8. The quantitative estimate of drug-likeness (QED) is 0.194. The summed E-state index contributed by atoms with van der Waals surface area (Å²) in [5.41, 5.74) is 4.25. The Morgan fingerprint density at radius 2 is 1.64 bits per heavy atom. The molecule has 0 bridgehead atoms. The Morgan fingerprint density at radius 3 is 2.40 bits per heavy atom. The summed E-state index contributed by atoms with van der Waals surface area (Å²) in [6.45, 7) is 0.900. The summed E-state index contributed by atoms with van der Waals surface area (Å²) in [4.78, 5) is 16.8. The first kappa shape index (κ1) is 30.0. The van der Waals surface area contributed by atoms with Crippen LogP contribution in [0, 0.1) is 5.92 Å². The highest BCUT2D eigenvalue weighted by molar-refractivity contribution is 7.80. The minimum absolute atomic E-state index is 0.109. The molecular formula is C35H33Cl2N4O3S+. The van der Waals surface area contributed by atoms with Gasteiger partial charge in [0.15, 0.2) is 6.54 Å². The van der Waals surface area contributed by atoms with Crippen LogP contribution in [0.5, 0.6) is 5.75 Å². The first-order chi connectivity index (χ1) is 21.9. The van der Waals surface area contributed by atoms with Gasteiger partial charge in [-0.3, -0.25) is 0 Å². The largest absolute Gasteiger partial charge is 0.493 e. The van der Waals surface area contributed by atoms with E-state index in [4.69, 9.17) is 32.9 Å². The highest BCUT2D eigenvalue weighted by atomic mass is 35.5. The molecule has 2 N–H and O–H groups in total. The van der Waals surface area contributed by atoms with Gasteiger partial charge in [-0.1, -0.05) is 66.7 Å². The van der Waals surface area contributed by atoms with Gasteiger partial charge in [0.2, 0.25) is 0 Å². The second kappa shape index (κ2) is 13.0. The molecule has 1 atom stereocenters. The molecule has 1 aliphatic carbocycles. The highest BCUT2D eigenvalue weighted by Crippen LogP contribution is 2.32. The maximum Gasteiger partial charge on any atom is 0.345 e. The van der Waals surface area contributed by atoms with Gasteiger partial charge in [0.1, 0.15) is 11.6 Å². The molecule has 1 saturated heterocycles. The lowest BCUT2D eigenvalue weighted by molar-refractivity contribution is -0.397. The molecule has 1 unspecified atom stereocenters. The van der Waals surface area contributed by atoms with Gasteiger partial charge in [-0.25, -0.2) is 14.1 Å². The molecule has 230 valence electrons. The lowest BCUT2D eigenvalue weighted by Gasteiger charge is -2.21. The predicted octanol–water partition coefficient (Wildman–Crippen LogP) is 7.04. The zero-order valence-electron chi connectivity index (χ0n) is 24.6. The predicted molar refractivity (Wildman–Crippen MR) is 180 cm³/mol. The zero-order valence-corrected chi connectivity index (χ0v) is 27.0. The lowest BCUT2D eigenvalue weighted by Crippen LogP contribution is -2.85. The summed E-state index contributed by atoms with van der Waals surface area (Å²) in [5, 5.41) is 3.37. The third-order valence-corrected chi connectivity index (χ3v) is 10.4. The molecular weight excluding hydrogens is 627 g/mol. The Morgan fingerprint density at radius 1 is 0.889 bits per heavy atom. The average Bonchev–Trinajstić information content (AvgIpc) is 3.62. The van der Waals surface area contributed by atoms with Crippen LogP contribution >= 0.6 is 23.2 Å². The molecule has 7 nitrogen and oxygen atoms in total. The Bertz CT molecular complexity index is 1900. The summed E-state index contributed by atoms with van der Waals surface area (Å²) in [7, 11) is 0. The van der Waals surface area contributed by atoms with E-state index in [-0.39, 0.29) is 12.5 Å². The molecule has 7 rings (SSSR count). The second-order valence-corrected chi connectivity index (χ2v) is 13.9. The van der Waals surface area contributed by atoms with Crippen molar-refractivity contribution in [2.45, 2.75) is 38.5 Å². The maximum atomic E-state index is 12.3. The summed E-state index contributed by atoms with van der Waals surface area (Å²) in [6, 6.07) is 25.9. The van der Waals surface area contributed by atoms with Crippen molar-refractivity contribution in [1.29, 1.82) is 0 Å². The molecule has 4 aromatic carbocycles. The van der Waals surface area contributed by atoms with E-state index in [1.807, 2.05) is 36.5 Å². The van der Waals surface area contributed by atoms with E-state index in [0.717, 1.165) is 57.1 Å². The van der Waals surface area contributed by atoms with Crippen molar-refractivity contribution in [3.8, 4) is 22.7 Å². The van der Waals surface area contributed by atoms with Crippen molar-refractivity contribution in [3.63, 3.8) is 0 Å². The van der Waals surface area contributed by atoms with Crippen LogP contribution in [0.1, 0.15) is 43.5 Å². The number of anilines is 1. The molecule has 2 aliphatic rings. The SMILES string of the molecule is O=C1CN(c2ccc(-n3cc(-c4ccc(Cl)cc4Cl)nc3Cc3ccc4cc(OCC5CCCCC5)ccc4c3)cc2)S(=O)[NH2+]1. The number of hydrogen-bond donors (Lipinski definition) is 1. The number of quaternary nitrogens is 1. The van der Waals surface area contributed by atoms with Crippen molar-refractivity contribution in [2.75, 3.05) is 17.5 Å². The number of hydrogen-bond acceptors (Lipinski definition) is 4. The first-order valence-corrected chi connectivity index (χ1v) is 17.2. The molecule has 10 heteroatoms. The van der Waals surface area contributed by atoms with Crippen LogP contribution in [-0.4, -0.2) is 32.8 Å². The van der Waals surface area contributed by atoms with Crippen LogP contribution in [0.4, 0.5) is 5.69 Å². The fourth-order valence-electron chi connectivity index (χ4n) is 6.21. The minimum atomic E-state index is -1.46. The van der Waals surface area contributed by atoms with E-state index in [0.29, 0.717) is 22.4 Å². The monoisotopic (exact) mass is 659 g/mol. The van der Waals surface area contributed by atoms with Crippen LogP contribution in [0.3, 0.4) is 0 Å². The fraction of sp³-hybridized carbons (Fsp3) is 0.257. The van der Waals surface area contributed by atoms with E-state index in [1.165, 1.54) is 36.8 Å². The summed E-state index contributed by atoms with van der Waals surface area (Å²) >= 11 is 11.3. The number of imidazole rings is 1. The van der Waals surface area contributed by atoms with E-state index in [1.54, 1.807) is 16.4 Å². The topological polar surface area (TPSA) is 81.0 Å². The normalized spacial score (nSPS) is 17.3. The molecule has 45 heavy (non-hydrogen) atoms. The molecule has 0 spiro atoms. The number of nitrogens with two attached hydrogens (primary N) is 1. The average molecular weight is 661 g/mol. The minimum Gasteiger partial charge on any atom is -0.493 e. The van der Waals surface area contributed by atoms with E-state index in [2.05, 4.69) is 41.0 Å². The summed E-state index contributed by atoms with van der Waals surface area (Å²) < 4.78 is 23.4. The molecule has 0 radical (unpaired) electrons. The third kappa shape index (κ3) is 6.65. The molecule has 1 amide bonds. The van der Waals surface area contributed by atoms with Crippen molar-refractivity contribution >= 4 is 56.7 Å². The van der Waals surface area contributed by atoms with Crippen LogP contribution < -0.4 is 13.8 Å². The first-order valence-electron chi connectivity index (χ1n) is 15.3. The van der Waals surface area contributed by atoms with Gasteiger partial charge in [0, 0.05) is 28.9 Å². The van der Waals surface area contributed by atoms with Gasteiger partial charge >= 0.3 is 17.1 Å². The Kier molecular flexibility index (Phi) is 8.64. The van der Waals surface area contributed by atoms with E-state index >= 15 is 0 Å². The van der Waals surface area contributed by atoms with Crippen LogP contribution in [-0.2, 0) is 22.4 Å². The van der Waals surface area contributed by atoms with Gasteiger partial charge in [-0.05, 0) is 89.7 Å². The van der Waals surface area contributed by atoms with Gasteiger partial charge in [-0.2, -0.15) is 8.93 Å². The Labute approximate surface area is 274 Å². The number of primary amides is 1. The summed E-state index contributed by atoms with van der Waals surface area (Å²) in [6.07, 6.45) is 9.07. The molecule has 1 aromatic heterocycles. The molecule has 2 fully saturated rings. The van der Waals surface area contributed by atoms with E-state index < -0.39 is 11.2 Å².